The van der Waals surface area contributed by atoms with Crippen molar-refractivity contribution in [2.45, 2.75) is 58.6 Å². The Balaban J connectivity index is 1.64. The molecule has 1 fully saturated rings. The quantitative estimate of drug-likeness (QED) is 0.394. The van der Waals surface area contributed by atoms with E-state index < -0.39 is 38.0 Å². The van der Waals surface area contributed by atoms with E-state index in [1.807, 2.05) is 25.1 Å². The van der Waals surface area contributed by atoms with E-state index in [-0.39, 0.29) is 24.7 Å². The predicted octanol–water partition coefficient (Wildman–Crippen LogP) is 2.71. The van der Waals surface area contributed by atoms with Gasteiger partial charge in [0.2, 0.25) is 0 Å². The van der Waals surface area contributed by atoms with Crippen LogP contribution in [0.15, 0.2) is 52.2 Å². The van der Waals surface area contributed by atoms with E-state index in [2.05, 4.69) is 10.1 Å². The number of H-pyrrole nitrogens is 1. The van der Waals surface area contributed by atoms with Crippen LogP contribution in [0.1, 0.15) is 40.3 Å². The summed E-state index contributed by atoms with van der Waals surface area (Å²) in [6, 6.07) is 9.79. The van der Waals surface area contributed by atoms with Crippen LogP contribution in [0, 0.1) is 5.92 Å². The maximum absolute atomic E-state index is 12.2. The molecule has 180 valence electrons. The van der Waals surface area contributed by atoms with Gasteiger partial charge >= 0.3 is 20.2 Å². The van der Waals surface area contributed by atoms with Crippen molar-refractivity contribution >= 4 is 14.5 Å². The number of hydrogen-bond acceptors (Lipinski definition) is 8. The molecule has 1 aromatic heterocycles. The Labute approximate surface area is 193 Å². The first-order valence-electron chi connectivity index (χ1n) is 10.8. The summed E-state index contributed by atoms with van der Waals surface area (Å²) in [5.74, 6) is 0.219. The third kappa shape index (κ3) is 7.23. The molecule has 1 aromatic carbocycles. The van der Waals surface area contributed by atoms with Gasteiger partial charge in [-0.2, -0.15) is 0 Å². The number of para-hydroxylation sites is 1. The highest BCUT2D eigenvalue weighted by atomic mass is 31.2. The maximum Gasteiger partial charge on any atom is 0.330 e. The number of esters is 1. The molecule has 0 saturated carbocycles. The molecule has 0 unspecified atom stereocenters. The van der Waals surface area contributed by atoms with Gasteiger partial charge in [-0.1, -0.05) is 25.1 Å². The smallest absolute Gasteiger partial charge is 0.330 e. The summed E-state index contributed by atoms with van der Waals surface area (Å²) in [7, 11) is -1.69. The highest BCUT2D eigenvalue weighted by Gasteiger charge is 2.35. The van der Waals surface area contributed by atoms with Crippen molar-refractivity contribution in [1.29, 1.82) is 0 Å². The average Bonchev–Trinajstić information content (AvgIpc) is 3.12. The first-order valence-corrected chi connectivity index (χ1v) is 12.0. The van der Waals surface area contributed by atoms with Gasteiger partial charge in [0.25, 0.3) is 5.56 Å². The van der Waals surface area contributed by atoms with Crippen LogP contribution < -0.4 is 20.9 Å². The molecule has 0 spiro atoms. The van der Waals surface area contributed by atoms with Crippen molar-refractivity contribution in [3.8, 4) is 5.75 Å². The van der Waals surface area contributed by atoms with Crippen molar-refractivity contribution in [1.82, 2.24) is 14.6 Å². The van der Waals surface area contributed by atoms with Crippen molar-refractivity contribution in [2.75, 3.05) is 6.61 Å². The zero-order valence-electron chi connectivity index (χ0n) is 19.1. The molecule has 0 amide bonds. The van der Waals surface area contributed by atoms with Crippen LogP contribution in [0.25, 0.3) is 0 Å². The summed E-state index contributed by atoms with van der Waals surface area (Å²) in [4.78, 5) is 38.0. The molecule has 11 heteroatoms. The number of nitrogens with zero attached hydrogens (tertiary/aromatic N) is 1. The SMILES string of the molecule is CC(C)OC(=O)[C@@H](C)N[P@@](OC[C@@H]1C[C@H](C)[C@H](n2ccc(=O)[nH]c2=O)O1)Oc1ccccc1. The minimum absolute atomic E-state index is 0.0244. The van der Waals surface area contributed by atoms with Crippen molar-refractivity contribution in [2.24, 2.45) is 5.92 Å². The van der Waals surface area contributed by atoms with Crippen LogP contribution in [0.5, 0.6) is 5.75 Å². The van der Waals surface area contributed by atoms with Gasteiger partial charge in [0.15, 0.2) is 0 Å². The molecule has 0 aliphatic carbocycles. The second kappa shape index (κ2) is 11.6. The van der Waals surface area contributed by atoms with Crippen LogP contribution in [0.3, 0.4) is 0 Å². The lowest BCUT2D eigenvalue weighted by molar-refractivity contribution is -0.149. The molecular weight excluding hydrogens is 449 g/mol. The molecule has 1 aliphatic heterocycles. The first-order chi connectivity index (χ1) is 15.7. The van der Waals surface area contributed by atoms with Gasteiger partial charge in [0.05, 0.1) is 18.8 Å². The van der Waals surface area contributed by atoms with Gasteiger partial charge in [0, 0.05) is 18.2 Å². The summed E-state index contributed by atoms with van der Waals surface area (Å²) in [5.41, 5.74) is -0.976. The van der Waals surface area contributed by atoms with Crippen LogP contribution in [0.4, 0.5) is 0 Å². The largest absolute Gasteiger partial charge is 0.462 e. The Hall–Kier alpha value is -2.52. The van der Waals surface area contributed by atoms with Crippen molar-refractivity contribution < 1.29 is 23.3 Å². The molecule has 2 aromatic rings. The summed E-state index contributed by atoms with van der Waals surface area (Å²) in [6.07, 6.45) is 1.03. The van der Waals surface area contributed by atoms with Gasteiger partial charge in [-0.15, -0.1) is 0 Å². The third-order valence-corrected chi connectivity index (χ3v) is 6.25. The Morgan fingerprint density at radius 1 is 1.24 bits per heavy atom. The molecule has 5 atom stereocenters. The predicted molar refractivity (Wildman–Crippen MR) is 123 cm³/mol. The molecule has 1 aliphatic rings. The summed E-state index contributed by atoms with van der Waals surface area (Å²) in [5, 5.41) is 3.06. The lowest BCUT2D eigenvalue weighted by Crippen LogP contribution is -2.35. The highest BCUT2D eigenvalue weighted by molar-refractivity contribution is 7.45. The fourth-order valence-electron chi connectivity index (χ4n) is 3.36. The summed E-state index contributed by atoms with van der Waals surface area (Å²) < 4.78 is 24.6. The number of aromatic amines is 1. The fourth-order valence-corrected chi connectivity index (χ4v) is 4.57. The van der Waals surface area contributed by atoms with Crippen LogP contribution in [0.2, 0.25) is 0 Å². The number of ether oxygens (including phenoxy) is 2. The number of hydrogen-bond donors (Lipinski definition) is 2. The standard InChI is InChI=1S/C22H30N3O7P/c1-14(2)30-21(27)16(4)24-33(32-17-8-6-5-7-9-17)29-13-18-12-15(3)20(31-18)25-11-10-19(26)23-22(25)28/h5-11,14-16,18,20,24H,12-13H2,1-4H3,(H,23,26,28)/t15-,16+,18-,20+,33-/m0/s1. The zero-order chi connectivity index (χ0) is 24.0. The molecule has 0 radical (unpaired) electrons. The second-order valence-electron chi connectivity index (χ2n) is 8.17. The van der Waals surface area contributed by atoms with E-state index in [0.717, 1.165) is 0 Å². The number of carbonyl (C=O) groups excluding carboxylic acids is 1. The van der Waals surface area contributed by atoms with Gasteiger partial charge in [0.1, 0.15) is 18.0 Å². The lowest BCUT2D eigenvalue weighted by Gasteiger charge is -2.23. The minimum Gasteiger partial charge on any atom is -0.462 e. The first kappa shape index (κ1) is 25.1. The van der Waals surface area contributed by atoms with Crippen LogP contribution in [-0.4, -0.2) is 40.4 Å². The Morgan fingerprint density at radius 2 is 1.97 bits per heavy atom. The Morgan fingerprint density at radius 3 is 2.64 bits per heavy atom. The maximum atomic E-state index is 12.2. The molecule has 1 saturated heterocycles. The third-order valence-electron chi connectivity index (χ3n) is 4.89. The monoisotopic (exact) mass is 479 g/mol. The molecule has 2 N–H and O–H groups in total. The van der Waals surface area contributed by atoms with Gasteiger partial charge in [-0.05, 0) is 39.3 Å². The zero-order valence-corrected chi connectivity index (χ0v) is 20.0. The van der Waals surface area contributed by atoms with E-state index in [1.165, 1.54) is 16.8 Å². The molecule has 33 heavy (non-hydrogen) atoms. The number of aromatic nitrogens is 2. The Bertz CT molecular complexity index is 1030. The molecule has 2 heterocycles. The number of carbonyl (C=O) groups is 1. The van der Waals surface area contributed by atoms with E-state index >= 15 is 0 Å². The van der Waals surface area contributed by atoms with E-state index in [4.69, 9.17) is 18.5 Å². The van der Waals surface area contributed by atoms with E-state index in [1.54, 1.807) is 32.9 Å². The van der Waals surface area contributed by atoms with Gasteiger partial charge in [-0.3, -0.25) is 19.1 Å². The molecule has 0 bridgehead atoms. The average molecular weight is 479 g/mol. The number of rotatable bonds is 10. The van der Waals surface area contributed by atoms with Crippen LogP contribution >= 0.6 is 8.53 Å². The number of benzene rings is 1. The van der Waals surface area contributed by atoms with E-state index in [9.17, 15) is 14.4 Å². The topological polar surface area (TPSA) is 121 Å². The lowest BCUT2D eigenvalue weighted by atomic mass is 10.1. The fraction of sp³-hybridized carbons (Fsp3) is 0.500. The van der Waals surface area contributed by atoms with Crippen molar-refractivity contribution in [3.63, 3.8) is 0 Å². The molecule has 3 rings (SSSR count). The number of nitrogens with one attached hydrogen (secondary N) is 2. The highest BCUT2D eigenvalue weighted by Crippen LogP contribution is 2.39. The second-order valence-corrected chi connectivity index (χ2v) is 9.39. The van der Waals surface area contributed by atoms with Gasteiger partial charge < -0.3 is 18.5 Å². The Kier molecular flexibility index (Phi) is 8.80. The summed E-state index contributed by atoms with van der Waals surface area (Å²) >= 11 is 0. The van der Waals surface area contributed by atoms with Gasteiger partial charge in [-0.25, -0.2) is 9.88 Å². The summed E-state index contributed by atoms with van der Waals surface area (Å²) in [6.45, 7) is 7.41. The van der Waals surface area contributed by atoms with Crippen molar-refractivity contribution in [3.05, 3.63) is 63.4 Å². The molecular formula is C22H30N3O7P. The normalized spacial score (nSPS) is 22.2. The minimum atomic E-state index is -1.69. The molecule has 10 nitrogen and oxygen atoms in total. The van der Waals surface area contributed by atoms with Crippen LogP contribution in [-0.2, 0) is 18.8 Å². The van der Waals surface area contributed by atoms with E-state index in [0.29, 0.717) is 12.2 Å².